The van der Waals surface area contributed by atoms with Crippen molar-refractivity contribution in [3.05, 3.63) is 29.8 Å². The molecule has 0 saturated heterocycles. The number of likely N-dealkylation sites (N-methyl/N-ethyl adjacent to an activating group) is 1. The second kappa shape index (κ2) is 6.21. The number of nitrogens with one attached hydrogen (secondary N) is 1. The maximum atomic E-state index is 5.76. The van der Waals surface area contributed by atoms with E-state index < -0.39 is 0 Å². The van der Waals surface area contributed by atoms with Crippen molar-refractivity contribution in [2.24, 2.45) is 0 Å². The van der Waals surface area contributed by atoms with Crippen molar-refractivity contribution in [1.29, 1.82) is 0 Å². The molecule has 0 aromatic heterocycles. The van der Waals surface area contributed by atoms with Crippen LogP contribution in [0.5, 0.6) is 5.75 Å². The Morgan fingerprint density at radius 2 is 2.00 bits per heavy atom. The second-order valence-corrected chi connectivity index (χ2v) is 5.14. The molecule has 2 rings (SSSR count). The molecular weight excluding hydrogens is 224 g/mol. The number of benzene rings is 1. The summed E-state index contributed by atoms with van der Waals surface area (Å²) in [5.74, 6) is 0.964. The van der Waals surface area contributed by atoms with Crippen molar-refractivity contribution in [1.82, 2.24) is 10.2 Å². The Balaban J connectivity index is 1.75. The van der Waals surface area contributed by atoms with Crippen molar-refractivity contribution < 1.29 is 4.74 Å². The van der Waals surface area contributed by atoms with E-state index in [0.29, 0.717) is 6.04 Å². The van der Waals surface area contributed by atoms with Gasteiger partial charge in [-0.3, -0.25) is 0 Å². The summed E-state index contributed by atoms with van der Waals surface area (Å²) in [4.78, 5) is 2.39. The van der Waals surface area contributed by atoms with Gasteiger partial charge in [0.15, 0.2) is 0 Å². The zero-order valence-electron chi connectivity index (χ0n) is 11.6. The molecule has 0 radical (unpaired) electrons. The number of rotatable bonds is 7. The SMILES string of the molecule is CNC(C)c1ccc(OCCN(C)C2CC2)cc1. The highest BCUT2D eigenvalue weighted by Gasteiger charge is 2.25. The molecule has 100 valence electrons. The lowest BCUT2D eigenvalue weighted by Gasteiger charge is -2.16. The lowest BCUT2D eigenvalue weighted by molar-refractivity contribution is 0.232. The summed E-state index contributed by atoms with van der Waals surface area (Å²) in [6.07, 6.45) is 2.71. The Labute approximate surface area is 110 Å². The first-order chi connectivity index (χ1) is 8.70. The van der Waals surface area contributed by atoms with Crippen LogP contribution in [0.2, 0.25) is 0 Å². The predicted molar refractivity (Wildman–Crippen MR) is 75.1 cm³/mol. The fraction of sp³-hybridized carbons (Fsp3) is 0.600. The average Bonchev–Trinajstić information content (AvgIpc) is 3.23. The molecule has 0 bridgehead atoms. The quantitative estimate of drug-likeness (QED) is 0.802. The summed E-state index contributed by atoms with van der Waals surface area (Å²) in [6, 6.07) is 9.57. The zero-order chi connectivity index (χ0) is 13.0. The van der Waals surface area contributed by atoms with Crippen LogP contribution in [-0.2, 0) is 0 Å². The van der Waals surface area contributed by atoms with Crippen molar-refractivity contribution >= 4 is 0 Å². The molecular formula is C15H24N2O. The van der Waals surface area contributed by atoms with Crippen molar-refractivity contribution in [2.75, 3.05) is 27.2 Å². The molecule has 0 heterocycles. The molecule has 1 unspecified atom stereocenters. The molecule has 1 aliphatic rings. The van der Waals surface area contributed by atoms with Gasteiger partial charge in [0, 0.05) is 18.6 Å². The second-order valence-electron chi connectivity index (χ2n) is 5.14. The highest BCUT2D eigenvalue weighted by atomic mass is 16.5. The van der Waals surface area contributed by atoms with E-state index in [1.54, 1.807) is 0 Å². The number of nitrogens with zero attached hydrogens (tertiary/aromatic N) is 1. The van der Waals surface area contributed by atoms with Crippen LogP contribution in [0.3, 0.4) is 0 Å². The van der Waals surface area contributed by atoms with Gasteiger partial charge >= 0.3 is 0 Å². The van der Waals surface area contributed by atoms with Crippen LogP contribution in [0.15, 0.2) is 24.3 Å². The summed E-state index contributed by atoms with van der Waals surface area (Å²) in [6.45, 7) is 3.94. The molecule has 3 nitrogen and oxygen atoms in total. The first-order valence-corrected chi connectivity index (χ1v) is 6.81. The summed E-state index contributed by atoms with van der Waals surface area (Å²) < 4.78 is 5.76. The summed E-state index contributed by atoms with van der Waals surface area (Å²) in [5.41, 5.74) is 1.29. The monoisotopic (exact) mass is 248 g/mol. The van der Waals surface area contributed by atoms with Gasteiger partial charge in [-0.2, -0.15) is 0 Å². The van der Waals surface area contributed by atoms with Gasteiger partial charge in [0.05, 0.1) is 0 Å². The topological polar surface area (TPSA) is 24.5 Å². The van der Waals surface area contributed by atoms with Gasteiger partial charge in [-0.15, -0.1) is 0 Å². The van der Waals surface area contributed by atoms with E-state index in [9.17, 15) is 0 Å². The Bertz CT molecular complexity index is 359. The molecule has 1 atom stereocenters. The van der Waals surface area contributed by atoms with Gasteiger partial charge in [0.25, 0.3) is 0 Å². The zero-order valence-corrected chi connectivity index (χ0v) is 11.6. The number of hydrogen-bond acceptors (Lipinski definition) is 3. The number of ether oxygens (including phenoxy) is 1. The van der Waals surface area contributed by atoms with E-state index >= 15 is 0 Å². The largest absolute Gasteiger partial charge is 0.492 e. The van der Waals surface area contributed by atoms with Crippen molar-refractivity contribution in [2.45, 2.75) is 31.8 Å². The third-order valence-electron chi connectivity index (χ3n) is 3.70. The minimum Gasteiger partial charge on any atom is -0.492 e. The van der Waals surface area contributed by atoms with E-state index in [0.717, 1.165) is 24.9 Å². The summed E-state index contributed by atoms with van der Waals surface area (Å²) in [7, 11) is 4.15. The van der Waals surface area contributed by atoms with E-state index in [2.05, 4.69) is 48.5 Å². The van der Waals surface area contributed by atoms with Crippen LogP contribution in [-0.4, -0.2) is 38.2 Å². The lowest BCUT2D eigenvalue weighted by Crippen LogP contribution is -2.26. The summed E-state index contributed by atoms with van der Waals surface area (Å²) >= 11 is 0. The highest BCUT2D eigenvalue weighted by Crippen LogP contribution is 2.25. The van der Waals surface area contributed by atoms with Crippen molar-refractivity contribution in [3.63, 3.8) is 0 Å². The Morgan fingerprint density at radius 1 is 1.33 bits per heavy atom. The van der Waals surface area contributed by atoms with Crippen LogP contribution in [0.25, 0.3) is 0 Å². The van der Waals surface area contributed by atoms with E-state index in [1.807, 2.05) is 7.05 Å². The minimum atomic E-state index is 0.389. The van der Waals surface area contributed by atoms with Crippen molar-refractivity contribution in [3.8, 4) is 5.75 Å². The smallest absolute Gasteiger partial charge is 0.119 e. The van der Waals surface area contributed by atoms with Gasteiger partial charge in [-0.1, -0.05) is 12.1 Å². The Kier molecular flexibility index (Phi) is 4.61. The van der Waals surface area contributed by atoms with Crippen LogP contribution in [0.1, 0.15) is 31.4 Å². The maximum Gasteiger partial charge on any atom is 0.119 e. The fourth-order valence-electron chi connectivity index (χ4n) is 2.02. The molecule has 1 aliphatic carbocycles. The van der Waals surface area contributed by atoms with Gasteiger partial charge in [-0.25, -0.2) is 0 Å². The maximum absolute atomic E-state index is 5.76. The summed E-state index contributed by atoms with van der Waals surface area (Å²) in [5, 5.41) is 3.23. The van der Waals surface area contributed by atoms with E-state index in [-0.39, 0.29) is 0 Å². The molecule has 0 amide bonds. The fourth-order valence-corrected chi connectivity index (χ4v) is 2.02. The van der Waals surface area contributed by atoms with Gasteiger partial charge < -0.3 is 15.0 Å². The van der Waals surface area contributed by atoms with Crippen LogP contribution in [0, 0.1) is 0 Å². The minimum absolute atomic E-state index is 0.389. The lowest BCUT2D eigenvalue weighted by atomic mass is 10.1. The van der Waals surface area contributed by atoms with E-state index in [4.69, 9.17) is 4.74 Å². The highest BCUT2D eigenvalue weighted by molar-refractivity contribution is 5.28. The third kappa shape index (κ3) is 3.72. The molecule has 1 aromatic carbocycles. The van der Waals surface area contributed by atoms with Gasteiger partial charge in [0.2, 0.25) is 0 Å². The Hall–Kier alpha value is -1.06. The molecule has 1 saturated carbocycles. The molecule has 1 aromatic rings. The molecule has 3 heteroatoms. The molecule has 18 heavy (non-hydrogen) atoms. The molecule has 1 N–H and O–H groups in total. The van der Waals surface area contributed by atoms with Crippen LogP contribution < -0.4 is 10.1 Å². The van der Waals surface area contributed by atoms with Gasteiger partial charge in [0.1, 0.15) is 12.4 Å². The third-order valence-corrected chi connectivity index (χ3v) is 3.70. The van der Waals surface area contributed by atoms with E-state index in [1.165, 1.54) is 18.4 Å². The normalized spacial score (nSPS) is 16.9. The molecule has 0 aliphatic heterocycles. The number of hydrogen-bond donors (Lipinski definition) is 1. The van der Waals surface area contributed by atoms with Crippen LogP contribution >= 0.6 is 0 Å². The standard InChI is InChI=1S/C15H24N2O/c1-12(16-2)13-4-8-15(9-5-13)18-11-10-17(3)14-6-7-14/h4-5,8-9,12,14,16H,6-7,10-11H2,1-3H3. The first-order valence-electron chi connectivity index (χ1n) is 6.81. The van der Waals surface area contributed by atoms with Crippen LogP contribution in [0.4, 0.5) is 0 Å². The Morgan fingerprint density at radius 3 is 2.56 bits per heavy atom. The first kappa shape index (κ1) is 13.4. The predicted octanol–water partition coefficient (Wildman–Crippen LogP) is 2.44. The van der Waals surface area contributed by atoms with Gasteiger partial charge in [-0.05, 0) is 51.6 Å². The average molecular weight is 248 g/mol. The molecule has 1 fully saturated rings. The molecule has 0 spiro atoms.